The van der Waals surface area contributed by atoms with Crippen LogP contribution in [0, 0.1) is 25.2 Å². The highest BCUT2D eigenvalue weighted by atomic mass is 15.1. The number of aromatic nitrogens is 2. The van der Waals surface area contributed by atoms with Crippen molar-refractivity contribution in [1.29, 1.82) is 5.26 Å². The number of para-hydroxylation sites is 1. The maximum atomic E-state index is 9.20. The lowest BCUT2D eigenvalue weighted by atomic mass is 10.1. The molecule has 0 unspecified atom stereocenters. The van der Waals surface area contributed by atoms with Crippen LogP contribution in [-0.2, 0) is 6.54 Å². The SMILES string of the molecule is Cc1cccc(CNc2cc(C)nc(Nc3ccccc3C#N)n2)c1. The Hall–Kier alpha value is -3.39. The van der Waals surface area contributed by atoms with Gasteiger partial charge in [0.1, 0.15) is 11.9 Å². The van der Waals surface area contributed by atoms with E-state index in [1.807, 2.05) is 37.3 Å². The molecule has 0 amide bonds. The van der Waals surface area contributed by atoms with Crippen LogP contribution in [0.3, 0.4) is 0 Å². The molecule has 0 bridgehead atoms. The molecule has 0 aliphatic carbocycles. The summed E-state index contributed by atoms with van der Waals surface area (Å²) in [7, 11) is 0. The summed E-state index contributed by atoms with van der Waals surface area (Å²) < 4.78 is 0. The van der Waals surface area contributed by atoms with Crippen molar-refractivity contribution in [3.63, 3.8) is 0 Å². The lowest BCUT2D eigenvalue weighted by molar-refractivity contribution is 1.06. The number of aryl methyl sites for hydroxylation is 2. The fraction of sp³-hybridized carbons (Fsp3) is 0.150. The highest BCUT2D eigenvalue weighted by Gasteiger charge is 2.06. The van der Waals surface area contributed by atoms with Crippen molar-refractivity contribution in [2.75, 3.05) is 10.6 Å². The maximum absolute atomic E-state index is 9.20. The summed E-state index contributed by atoms with van der Waals surface area (Å²) in [6, 6.07) is 19.7. The fourth-order valence-corrected chi connectivity index (χ4v) is 2.54. The number of nitrogens with one attached hydrogen (secondary N) is 2. The second kappa shape index (κ2) is 7.45. The Bertz CT molecular complexity index is 927. The Labute approximate surface area is 147 Å². The Morgan fingerprint density at radius 2 is 1.84 bits per heavy atom. The number of rotatable bonds is 5. The third-order valence-electron chi connectivity index (χ3n) is 3.70. The van der Waals surface area contributed by atoms with Gasteiger partial charge in [0.05, 0.1) is 11.3 Å². The molecule has 124 valence electrons. The first-order valence-electron chi connectivity index (χ1n) is 8.05. The van der Waals surface area contributed by atoms with Crippen molar-refractivity contribution >= 4 is 17.5 Å². The van der Waals surface area contributed by atoms with Crippen LogP contribution in [0.25, 0.3) is 0 Å². The van der Waals surface area contributed by atoms with Crippen molar-refractivity contribution in [1.82, 2.24) is 9.97 Å². The highest BCUT2D eigenvalue weighted by molar-refractivity contribution is 5.63. The molecule has 0 aliphatic rings. The predicted molar refractivity (Wildman–Crippen MR) is 99.7 cm³/mol. The minimum absolute atomic E-state index is 0.467. The zero-order valence-corrected chi connectivity index (χ0v) is 14.2. The zero-order chi connectivity index (χ0) is 17.6. The van der Waals surface area contributed by atoms with Gasteiger partial charge in [-0.25, -0.2) is 4.98 Å². The summed E-state index contributed by atoms with van der Waals surface area (Å²) in [5.41, 5.74) is 4.52. The first-order valence-corrected chi connectivity index (χ1v) is 8.05. The average molecular weight is 329 g/mol. The van der Waals surface area contributed by atoms with E-state index in [1.165, 1.54) is 11.1 Å². The second-order valence-electron chi connectivity index (χ2n) is 5.84. The average Bonchev–Trinajstić information content (AvgIpc) is 2.60. The molecule has 1 aromatic heterocycles. The van der Waals surface area contributed by atoms with Crippen molar-refractivity contribution in [3.8, 4) is 6.07 Å². The predicted octanol–water partition coefficient (Wildman–Crippen LogP) is 4.32. The normalized spacial score (nSPS) is 10.1. The molecular weight excluding hydrogens is 310 g/mol. The van der Waals surface area contributed by atoms with Gasteiger partial charge < -0.3 is 10.6 Å². The van der Waals surface area contributed by atoms with Crippen LogP contribution >= 0.6 is 0 Å². The molecule has 0 fully saturated rings. The third kappa shape index (κ3) is 4.33. The maximum Gasteiger partial charge on any atom is 0.229 e. The standard InChI is InChI=1S/C20H19N5/c1-14-6-5-7-16(10-14)13-22-19-11-15(2)23-20(25-19)24-18-9-4-3-8-17(18)12-21/h3-11H,13H2,1-2H3,(H2,22,23,24,25). The van der Waals surface area contributed by atoms with Gasteiger partial charge in [0.25, 0.3) is 0 Å². The summed E-state index contributed by atoms with van der Waals surface area (Å²) in [4.78, 5) is 8.90. The molecule has 3 aromatic rings. The first kappa shape index (κ1) is 16.5. The molecule has 0 aliphatic heterocycles. The van der Waals surface area contributed by atoms with E-state index in [2.05, 4.69) is 51.8 Å². The Morgan fingerprint density at radius 1 is 1.00 bits per heavy atom. The van der Waals surface area contributed by atoms with E-state index in [9.17, 15) is 5.26 Å². The van der Waals surface area contributed by atoms with E-state index in [0.717, 1.165) is 11.5 Å². The molecule has 0 spiro atoms. The van der Waals surface area contributed by atoms with Crippen LogP contribution in [0.4, 0.5) is 17.5 Å². The van der Waals surface area contributed by atoms with Gasteiger partial charge in [-0.1, -0.05) is 42.0 Å². The molecule has 25 heavy (non-hydrogen) atoms. The smallest absolute Gasteiger partial charge is 0.229 e. The quantitative estimate of drug-likeness (QED) is 0.729. The van der Waals surface area contributed by atoms with E-state index < -0.39 is 0 Å². The van der Waals surface area contributed by atoms with Crippen LogP contribution < -0.4 is 10.6 Å². The molecule has 5 nitrogen and oxygen atoms in total. The van der Waals surface area contributed by atoms with E-state index in [4.69, 9.17) is 0 Å². The second-order valence-corrected chi connectivity index (χ2v) is 5.84. The van der Waals surface area contributed by atoms with Crippen molar-refractivity contribution in [3.05, 3.63) is 77.0 Å². The lowest BCUT2D eigenvalue weighted by Gasteiger charge is -2.11. The van der Waals surface area contributed by atoms with Crippen LogP contribution in [-0.4, -0.2) is 9.97 Å². The van der Waals surface area contributed by atoms with Gasteiger partial charge in [0, 0.05) is 18.3 Å². The van der Waals surface area contributed by atoms with Gasteiger partial charge in [-0.05, 0) is 31.5 Å². The fourth-order valence-electron chi connectivity index (χ4n) is 2.54. The summed E-state index contributed by atoms with van der Waals surface area (Å²) >= 11 is 0. The first-order chi connectivity index (χ1) is 12.1. The highest BCUT2D eigenvalue weighted by Crippen LogP contribution is 2.19. The van der Waals surface area contributed by atoms with Crippen LogP contribution in [0.1, 0.15) is 22.4 Å². The molecule has 3 rings (SSSR count). The number of hydrogen-bond acceptors (Lipinski definition) is 5. The zero-order valence-electron chi connectivity index (χ0n) is 14.2. The largest absolute Gasteiger partial charge is 0.366 e. The number of hydrogen-bond donors (Lipinski definition) is 2. The van der Waals surface area contributed by atoms with Gasteiger partial charge in [-0.3, -0.25) is 0 Å². The van der Waals surface area contributed by atoms with E-state index in [-0.39, 0.29) is 0 Å². The third-order valence-corrected chi connectivity index (χ3v) is 3.70. The molecular formula is C20H19N5. The molecule has 5 heteroatoms. The van der Waals surface area contributed by atoms with Crippen molar-refractivity contribution < 1.29 is 0 Å². The summed E-state index contributed by atoms with van der Waals surface area (Å²) in [6.45, 7) is 4.68. The summed E-state index contributed by atoms with van der Waals surface area (Å²) in [5.74, 6) is 1.21. The topological polar surface area (TPSA) is 73.6 Å². The van der Waals surface area contributed by atoms with Crippen molar-refractivity contribution in [2.45, 2.75) is 20.4 Å². The molecule has 0 saturated carbocycles. The molecule has 0 atom stereocenters. The van der Waals surface area contributed by atoms with E-state index in [0.29, 0.717) is 23.7 Å². The van der Waals surface area contributed by atoms with Crippen LogP contribution in [0.2, 0.25) is 0 Å². The van der Waals surface area contributed by atoms with Gasteiger partial charge in [-0.15, -0.1) is 0 Å². The van der Waals surface area contributed by atoms with Gasteiger partial charge in [-0.2, -0.15) is 10.2 Å². The molecule has 0 saturated heterocycles. The molecule has 0 radical (unpaired) electrons. The summed E-state index contributed by atoms with van der Waals surface area (Å²) in [5, 5.41) is 15.7. The Morgan fingerprint density at radius 3 is 2.64 bits per heavy atom. The monoisotopic (exact) mass is 329 g/mol. The Balaban J connectivity index is 1.77. The van der Waals surface area contributed by atoms with Gasteiger partial charge in [0.15, 0.2) is 0 Å². The minimum Gasteiger partial charge on any atom is -0.366 e. The van der Waals surface area contributed by atoms with Gasteiger partial charge in [0.2, 0.25) is 5.95 Å². The summed E-state index contributed by atoms with van der Waals surface area (Å²) in [6.07, 6.45) is 0. The van der Waals surface area contributed by atoms with Crippen LogP contribution in [0.5, 0.6) is 0 Å². The minimum atomic E-state index is 0.467. The number of benzene rings is 2. The molecule has 1 heterocycles. The van der Waals surface area contributed by atoms with Crippen LogP contribution in [0.15, 0.2) is 54.6 Å². The van der Waals surface area contributed by atoms with E-state index >= 15 is 0 Å². The molecule has 2 aromatic carbocycles. The van der Waals surface area contributed by atoms with Crippen molar-refractivity contribution in [2.24, 2.45) is 0 Å². The number of nitrogens with zero attached hydrogens (tertiary/aromatic N) is 3. The van der Waals surface area contributed by atoms with Gasteiger partial charge >= 0.3 is 0 Å². The Kier molecular flexibility index (Phi) is 4.91. The number of nitriles is 1. The molecule has 2 N–H and O–H groups in total. The number of anilines is 3. The van der Waals surface area contributed by atoms with E-state index in [1.54, 1.807) is 6.07 Å². The lowest BCUT2D eigenvalue weighted by Crippen LogP contribution is -2.06.